The Balaban J connectivity index is 1.62. The molecule has 2 aliphatic rings. The number of amides is 2. The summed E-state index contributed by atoms with van der Waals surface area (Å²) in [5, 5.41) is 14.8. The number of rotatable bonds is 9. The number of thiazole rings is 1. The van der Waals surface area contributed by atoms with Crippen LogP contribution in [0, 0.1) is 0 Å². The van der Waals surface area contributed by atoms with E-state index >= 15 is 0 Å². The van der Waals surface area contributed by atoms with Crippen molar-refractivity contribution in [2.45, 2.75) is 94.3 Å². The number of aliphatic carboxylic acids is 1. The first kappa shape index (κ1) is 23.3. The van der Waals surface area contributed by atoms with Gasteiger partial charge in [-0.05, 0) is 44.9 Å². The molecule has 0 atom stereocenters. The molecule has 0 bridgehead atoms. The molecule has 2 amide bonds. The number of carbonyl (C=O) groups excluding carboxylic acids is 1. The Morgan fingerprint density at radius 2 is 1.90 bits per heavy atom. The van der Waals surface area contributed by atoms with Gasteiger partial charge in [0.1, 0.15) is 5.03 Å². The summed E-state index contributed by atoms with van der Waals surface area (Å²) in [5.74, 6) is -0.908. The molecule has 2 N–H and O–H groups in total. The van der Waals surface area contributed by atoms with Gasteiger partial charge < -0.3 is 14.7 Å². The zero-order valence-corrected chi connectivity index (χ0v) is 19.3. The minimum atomic E-state index is -0.874. The lowest BCUT2D eigenvalue weighted by Crippen LogP contribution is -2.51. The molecule has 2 saturated carbocycles. The van der Waals surface area contributed by atoms with Crippen molar-refractivity contribution in [2.75, 3.05) is 17.7 Å². The van der Waals surface area contributed by atoms with E-state index in [4.69, 9.17) is 9.84 Å². The van der Waals surface area contributed by atoms with Crippen molar-refractivity contribution in [1.29, 1.82) is 0 Å². The van der Waals surface area contributed by atoms with Gasteiger partial charge in [-0.2, -0.15) is 0 Å². The molecule has 1 aromatic heterocycles. The molecule has 0 spiro atoms. The second kappa shape index (κ2) is 11.9. The first-order chi connectivity index (χ1) is 14.6. The van der Waals surface area contributed by atoms with Crippen LogP contribution in [0.4, 0.5) is 9.93 Å². The van der Waals surface area contributed by atoms with E-state index in [0.29, 0.717) is 16.3 Å². The van der Waals surface area contributed by atoms with Crippen molar-refractivity contribution in [3.05, 3.63) is 5.38 Å². The number of nitrogens with zero attached hydrogens (tertiary/aromatic N) is 2. The number of carbonyl (C=O) groups is 2. The molecule has 0 aliphatic heterocycles. The first-order valence-corrected chi connectivity index (χ1v) is 12.9. The molecule has 30 heavy (non-hydrogen) atoms. The fourth-order valence-corrected chi connectivity index (χ4v) is 5.90. The van der Waals surface area contributed by atoms with Crippen molar-refractivity contribution in [3.63, 3.8) is 0 Å². The number of ether oxygens (including phenoxy) is 1. The van der Waals surface area contributed by atoms with Crippen molar-refractivity contribution >= 4 is 40.2 Å². The van der Waals surface area contributed by atoms with Crippen LogP contribution in [0.1, 0.15) is 71.1 Å². The van der Waals surface area contributed by atoms with Gasteiger partial charge in [0, 0.05) is 24.1 Å². The van der Waals surface area contributed by atoms with E-state index in [-0.39, 0.29) is 23.9 Å². The standard InChI is InChI=1S/C21H33N3O4S2/c1-2-12-28-17-10-8-16(9-11-17)24(15-6-4-3-5-7-15)21(27)23-20-22-18(13-30-20)29-14-19(25)26/h13,15-17H,2-12,14H2,1H3,(H,25,26)(H,22,23,27). The molecular formula is C21H33N3O4S2. The maximum Gasteiger partial charge on any atom is 0.324 e. The lowest BCUT2D eigenvalue weighted by atomic mass is 9.88. The topological polar surface area (TPSA) is 91.8 Å². The second-order valence-electron chi connectivity index (χ2n) is 8.10. The molecule has 1 heterocycles. The average Bonchev–Trinajstić information content (AvgIpc) is 3.20. The molecule has 0 unspecified atom stereocenters. The van der Waals surface area contributed by atoms with E-state index in [2.05, 4.69) is 22.1 Å². The molecule has 3 rings (SSSR count). The van der Waals surface area contributed by atoms with Crippen LogP contribution in [-0.4, -0.2) is 57.5 Å². The maximum atomic E-state index is 13.3. The highest BCUT2D eigenvalue weighted by Gasteiger charge is 2.34. The Morgan fingerprint density at radius 1 is 1.20 bits per heavy atom. The Labute approximate surface area is 187 Å². The first-order valence-electron chi connectivity index (χ1n) is 11.1. The average molecular weight is 456 g/mol. The Morgan fingerprint density at radius 3 is 2.57 bits per heavy atom. The molecular weight excluding hydrogens is 422 g/mol. The number of urea groups is 1. The molecule has 0 aromatic carbocycles. The van der Waals surface area contributed by atoms with Crippen LogP contribution in [0.15, 0.2) is 10.4 Å². The van der Waals surface area contributed by atoms with E-state index in [9.17, 15) is 9.59 Å². The quantitative estimate of drug-likeness (QED) is 0.496. The molecule has 0 saturated heterocycles. The summed E-state index contributed by atoms with van der Waals surface area (Å²) in [7, 11) is 0. The van der Waals surface area contributed by atoms with Gasteiger partial charge in [0.2, 0.25) is 0 Å². The summed E-state index contributed by atoms with van der Waals surface area (Å²) in [6.45, 7) is 2.94. The van der Waals surface area contributed by atoms with E-state index in [0.717, 1.165) is 51.6 Å². The number of aromatic nitrogens is 1. The number of carboxylic acid groups (broad SMARTS) is 1. The van der Waals surface area contributed by atoms with E-state index in [1.807, 2.05) is 0 Å². The summed E-state index contributed by atoms with van der Waals surface area (Å²) in [4.78, 5) is 30.5. The molecule has 7 nitrogen and oxygen atoms in total. The molecule has 2 aliphatic carbocycles. The number of hydrogen-bond acceptors (Lipinski definition) is 6. The highest BCUT2D eigenvalue weighted by Crippen LogP contribution is 2.32. The van der Waals surface area contributed by atoms with Gasteiger partial charge in [0.25, 0.3) is 0 Å². The maximum absolute atomic E-state index is 13.3. The predicted molar refractivity (Wildman–Crippen MR) is 120 cm³/mol. The van der Waals surface area contributed by atoms with Gasteiger partial charge in [-0.3, -0.25) is 10.1 Å². The van der Waals surface area contributed by atoms with Crippen LogP contribution in [0.5, 0.6) is 0 Å². The smallest absolute Gasteiger partial charge is 0.324 e. The Hall–Kier alpha value is -1.32. The van der Waals surface area contributed by atoms with Crippen LogP contribution >= 0.6 is 23.1 Å². The summed E-state index contributed by atoms with van der Waals surface area (Å²) >= 11 is 2.51. The monoisotopic (exact) mass is 455 g/mol. The number of hydrogen-bond donors (Lipinski definition) is 2. The normalized spacial score (nSPS) is 22.6. The molecule has 0 radical (unpaired) electrons. The Bertz CT molecular complexity index is 686. The van der Waals surface area contributed by atoms with Crippen LogP contribution < -0.4 is 5.32 Å². The molecule has 168 valence electrons. The van der Waals surface area contributed by atoms with E-state index in [1.54, 1.807) is 5.38 Å². The third-order valence-corrected chi connectivity index (χ3v) is 7.64. The molecule has 9 heteroatoms. The fourth-order valence-electron chi connectivity index (χ4n) is 4.44. The lowest BCUT2D eigenvalue weighted by molar-refractivity contribution is -0.133. The van der Waals surface area contributed by atoms with Crippen LogP contribution in [0.25, 0.3) is 0 Å². The summed E-state index contributed by atoms with van der Waals surface area (Å²) in [5.41, 5.74) is 0. The SMILES string of the molecule is CCCOC1CCC(N(C(=O)Nc2nc(SCC(=O)O)cs2)C2CCCCC2)CC1. The Kier molecular flexibility index (Phi) is 9.27. The largest absolute Gasteiger partial charge is 0.481 e. The summed E-state index contributed by atoms with van der Waals surface area (Å²) in [6.07, 6.45) is 11.1. The molecule has 2 fully saturated rings. The minimum absolute atomic E-state index is 0.0331. The number of anilines is 1. The van der Waals surface area contributed by atoms with Crippen molar-refractivity contribution in [1.82, 2.24) is 9.88 Å². The third-order valence-electron chi connectivity index (χ3n) is 5.84. The number of carboxylic acids is 1. The van der Waals surface area contributed by atoms with Crippen LogP contribution in [0.2, 0.25) is 0 Å². The van der Waals surface area contributed by atoms with Gasteiger partial charge >= 0.3 is 12.0 Å². The molecule has 1 aromatic rings. The third kappa shape index (κ3) is 6.85. The van der Waals surface area contributed by atoms with E-state index < -0.39 is 5.97 Å². The zero-order chi connectivity index (χ0) is 21.3. The summed E-state index contributed by atoms with van der Waals surface area (Å²) < 4.78 is 5.93. The van der Waals surface area contributed by atoms with Crippen molar-refractivity contribution < 1.29 is 19.4 Å². The van der Waals surface area contributed by atoms with Crippen LogP contribution in [-0.2, 0) is 9.53 Å². The number of thioether (sulfide) groups is 1. The van der Waals surface area contributed by atoms with Gasteiger partial charge in [0.05, 0.1) is 11.9 Å². The summed E-state index contributed by atoms with van der Waals surface area (Å²) in [6, 6.07) is 0.469. The number of nitrogens with one attached hydrogen (secondary N) is 1. The van der Waals surface area contributed by atoms with Crippen LogP contribution in [0.3, 0.4) is 0 Å². The van der Waals surface area contributed by atoms with Gasteiger partial charge in [-0.25, -0.2) is 9.78 Å². The lowest BCUT2D eigenvalue weighted by Gasteiger charge is -2.42. The van der Waals surface area contributed by atoms with Gasteiger partial charge in [-0.1, -0.05) is 37.9 Å². The van der Waals surface area contributed by atoms with E-state index in [1.165, 1.54) is 42.4 Å². The highest BCUT2D eigenvalue weighted by atomic mass is 32.2. The second-order valence-corrected chi connectivity index (χ2v) is 9.96. The minimum Gasteiger partial charge on any atom is -0.481 e. The van der Waals surface area contributed by atoms with Crippen molar-refractivity contribution in [3.8, 4) is 0 Å². The van der Waals surface area contributed by atoms with Crippen molar-refractivity contribution in [2.24, 2.45) is 0 Å². The zero-order valence-electron chi connectivity index (χ0n) is 17.7. The predicted octanol–water partition coefficient (Wildman–Crippen LogP) is 5.22. The van der Waals surface area contributed by atoms with Gasteiger partial charge in [0.15, 0.2) is 5.13 Å². The van der Waals surface area contributed by atoms with Gasteiger partial charge in [-0.15, -0.1) is 11.3 Å². The highest BCUT2D eigenvalue weighted by molar-refractivity contribution is 8.00. The fraction of sp³-hybridized carbons (Fsp3) is 0.762.